The quantitative estimate of drug-likeness (QED) is 0.357. The molecule has 0 atom stereocenters. The highest BCUT2D eigenvalue weighted by molar-refractivity contribution is 9.10. The third-order valence-electron chi connectivity index (χ3n) is 8.08. The van der Waals surface area contributed by atoms with Crippen molar-refractivity contribution in [3.05, 3.63) is 93.0 Å². The smallest absolute Gasteiger partial charge is 0.0447 e. The van der Waals surface area contributed by atoms with E-state index in [0.717, 1.165) is 45.8 Å². The van der Waals surface area contributed by atoms with E-state index in [4.69, 9.17) is 11.6 Å². The van der Waals surface area contributed by atoms with Crippen molar-refractivity contribution < 1.29 is 0 Å². The molecule has 1 saturated carbocycles. The Hall–Kier alpha value is -1.61. The lowest BCUT2D eigenvalue weighted by molar-refractivity contribution is 0.0598. The first kappa shape index (κ1) is 23.1. The molecule has 2 fully saturated rings. The lowest BCUT2D eigenvalue weighted by Gasteiger charge is -2.46. The molecule has 0 unspecified atom stereocenters. The van der Waals surface area contributed by atoms with E-state index in [1.54, 1.807) is 0 Å². The number of hydrogen-bond donors (Lipinski definition) is 0. The number of allylic oxidation sites excluding steroid dienone is 4. The number of hydrogen-bond acceptors (Lipinski definition) is 1. The van der Waals surface area contributed by atoms with Gasteiger partial charge in [0, 0.05) is 22.0 Å². The molecule has 3 heteroatoms. The molecule has 1 aliphatic heterocycles. The third-order valence-corrected chi connectivity index (χ3v) is 8.93. The molecule has 1 saturated heterocycles. The van der Waals surface area contributed by atoms with Gasteiger partial charge in [0.1, 0.15) is 0 Å². The van der Waals surface area contributed by atoms with Crippen LogP contribution in [-0.4, -0.2) is 24.0 Å². The first-order valence-corrected chi connectivity index (χ1v) is 13.4. The second kappa shape index (κ2) is 9.56. The van der Waals surface area contributed by atoms with Crippen molar-refractivity contribution in [2.75, 3.05) is 13.1 Å². The van der Waals surface area contributed by atoms with Crippen LogP contribution in [0.1, 0.15) is 54.9 Å². The van der Waals surface area contributed by atoms with Gasteiger partial charge < -0.3 is 4.90 Å². The van der Waals surface area contributed by atoms with Crippen LogP contribution in [-0.2, 0) is 12.8 Å². The standard InChI is InChI=1S/C30H33BrClN/c1-19(2)22-16-26(17-22)33-11-9-21(10-12-33)14-24-15-25(31)7-8-28(24)23-13-20(3)27-5-4-6-30(32)29(27)18-23/h4-8,13,15,21-22,26H,1,3,9-12,14,16-18H2,2H3. The van der Waals surface area contributed by atoms with Gasteiger partial charge in [-0.1, -0.05) is 70.5 Å². The summed E-state index contributed by atoms with van der Waals surface area (Å²) < 4.78 is 1.16. The topological polar surface area (TPSA) is 3.24 Å². The molecule has 2 aliphatic carbocycles. The third kappa shape index (κ3) is 4.81. The van der Waals surface area contributed by atoms with E-state index in [1.165, 1.54) is 72.2 Å². The summed E-state index contributed by atoms with van der Waals surface area (Å²) in [7, 11) is 0. The fourth-order valence-electron chi connectivity index (χ4n) is 5.91. The van der Waals surface area contributed by atoms with Gasteiger partial charge in [0.15, 0.2) is 0 Å². The van der Waals surface area contributed by atoms with Crippen molar-refractivity contribution in [2.45, 2.75) is 51.5 Å². The van der Waals surface area contributed by atoms with Crippen LogP contribution < -0.4 is 0 Å². The van der Waals surface area contributed by atoms with E-state index in [1.807, 2.05) is 12.1 Å². The Morgan fingerprint density at radius 3 is 2.61 bits per heavy atom. The normalized spacial score (nSPS) is 23.6. The van der Waals surface area contributed by atoms with Crippen LogP contribution in [0.25, 0.3) is 11.1 Å². The molecule has 5 rings (SSSR count). The fourth-order valence-corrected chi connectivity index (χ4v) is 6.56. The SMILES string of the molecule is C=C1C=C(c2ccc(Br)cc2CC2CCN(C3CC(C(=C)C)C3)CC2)Cc2c(Cl)cccc21. The Morgan fingerprint density at radius 2 is 1.88 bits per heavy atom. The average molecular weight is 523 g/mol. The highest BCUT2D eigenvalue weighted by Gasteiger charge is 2.35. The highest BCUT2D eigenvalue weighted by atomic mass is 79.9. The summed E-state index contributed by atoms with van der Waals surface area (Å²) in [6, 6.07) is 13.7. The van der Waals surface area contributed by atoms with Crippen molar-refractivity contribution in [1.82, 2.24) is 4.90 Å². The molecule has 0 N–H and O–H groups in total. The molecule has 1 nitrogen and oxygen atoms in total. The summed E-state index contributed by atoms with van der Waals surface area (Å²) in [5.41, 5.74) is 8.95. The molecule has 33 heavy (non-hydrogen) atoms. The Kier molecular flexibility index (Phi) is 6.71. The van der Waals surface area contributed by atoms with Crippen LogP contribution in [0.15, 0.2) is 65.7 Å². The number of nitrogens with zero attached hydrogens (tertiary/aromatic N) is 1. The molecule has 0 amide bonds. The number of halogens is 2. The maximum Gasteiger partial charge on any atom is 0.0447 e. The molecular weight excluding hydrogens is 490 g/mol. The zero-order valence-electron chi connectivity index (χ0n) is 19.5. The monoisotopic (exact) mass is 521 g/mol. The minimum Gasteiger partial charge on any atom is -0.300 e. The summed E-state index contributed by atoms with van der Waals surface area (Å²) in [6.07, 6.45) is 9.49. The molecule has 2 aromatic rings. The summed E-state index contributed by atoms with van der Waals surface area (Å²) in [5, 5.41) is 0.843. The van der Waals surface area contributed by atoms with Gasteiger partial charge >= 0.3 is 0 Å². The fraction of sp³-hybridized carbons (Fsp3) is 0.400. The zero-order valence-corrected chi connectivity index (χ0v) is 21.9. The molecule has 2 aromatic carbocycles. The Labute approximate surface area is 212 Å². The van der Waals surface area contributed by atoms with E-state index < -0.39 is 0 Å². The van der Waals surface area contributed by atoms with E-state index >= 15 is 0 Å². The summed E-state index contributed by atoms with van der Waals surface area (Å²) in [4.78, 5) is 2.74. The van der Waals surface area contributed by atoms with Crippen LogP contribution in [0.2, 0.25) is 5.02 Å². The summed E-state index contributed by atoms with van der Waals surface area (Å²) in [5.74, 6) is 1.50. The molecule has 0 bridgehead atoms. The predicted molar refractivity (Wildman–Crippen MR) is 146 cm³/mol. The Balaban J connectivity index is 1.29. The van der Waals surface area contributed by atoms with Gasteiger partial charge in [-0.25, -0.2) is 0 Å². The van der Waals surface area contributed by atoms with Gasteiger partial charge in [0.25, 0.3) is 0 Å². The summed E-state index contributed by atoms with van der Waals surface area (Å²) >= 11 is 10.3. The molecular formula is C30H33BrClN. The second-order valence-corrected chi connectivity index (χ2v) is 11.6. The Morgan fingerprint density at radius 1 is 1.12 bits per heavy atom. The predicted octanol–water partition coefficient (Wildman–Crippen LogP) is 8.36. The van der Waals surface area contributed by atoms with Crippen molar-refractivity contribution in [2.24, 2.45) is 11.8 Å². The zero-order chi connectivity index (χ0) is 23.1. The van der Waals surface area contributed by atoms with Crippen LogP contribution in [0.5, 0.6) is 0 Å². The lowest BCUT2D eigenvalue weighted by Crippen LogP contribution is -2.48. The maximum absolute atomic E-state index is 6.58. The van der Waals surface area contributed by atoms with Gasteiger partial charge in [-0.2, -0.15) is 0 Å². The number of likely N-dealkylation sites (tertiary alicyclic amines) is 1. The average Bonchev–Trinajstić information content (AvgIpc) is 2.74. The first-order valence-electron chi connectivity index (χ1n) is 12.2. The second-order valence-electron chi connectivity index (χ2n) is 10.3. The van der Waals surface area contributed by atoms with E-state index in [9.17, 15) is 0 Å². The molecule has 172 valence electrons. The van der Waals surface area contributed by atoms with Crippen LogP contribution in [0, 0.1) is 11.8 Å². The number of fused-ring (bicyclic) bond motifs is 1. The van der Waals surface area contributed by atoms with Gasteiger partial charge in [0.2, 0.25) is 0 Å². The highest BCUT2D eigenvalue weighted by Crippen LogP contribution is 2.40. The molecule has 0 spiro atoms. The van der Waals surface area contributed by atoms with Crippen molar-refractivity contribution in [3.8, 4) is 0 Å². The van der Waals surface area contributed by atoms with Crippen molar-refractivity contribution in [1.29, 1.82) is 0 Å². The number of piperidine rings is 1. The molecule has 1 heterocycles. The summed E-state index contributed by atoms with van der Waals surface area (Å²) in [6.45, 7) is 13.2. The molecule has 3 aliphatic rings. The first-order chi connectivity index (χ1) is 15.9. The Bertz CT molecular complexity index is 1120. The van der Waals surface area contributed by atoms with Crippen LogP contribution >= 0.6 is 27.5 Å². The molecule has 0 aromatic heterocycles. The minimum absolute atomic E-state index is 0.745. The van der Waals surface area contributed by atoms with Gasteiger partial charge in [0.05, 0.1) is 0 Å². The largest absolute Gasteiger partial charge is 0.300 e. The lowest BCUT2D eigenvalue weighted by atomic mass is 9.74. The van der Waals surface area contributed by atoms with Crippen molar-refractivity contribution in [3.63, 3.8) is 0 Å². The van der Waals surface area contributed by atoms with Crippen LogP contribution in [0.3, 0.4) is 0 Å². The van der Waals surface area contributed by atoms with Gasteiger partial charge in [-0.05, 0) is 116 Å². The number of rotatable bonds is 5. The van der Waals surface area contributed by atoms with Crippen molar-refractivity contribution >= 4 is 38.7 Å². The van der Waals surface area contributed by atoms with E-state index in [2.05, 4.69) is 71.3 Å². The maximum atomic E-state index is 6.58. The number of benzene rings is 2. The molecule has 0 radical (unpaired) electrons. The minimum atomic E-state index is 0.745. The van der Waals surface area contributed by atoms with Gasteiger partial charge in [-0.15, -0.1) is 0 Å². The van der Waals surface area contributed by atoms with E-state index in [-0.39, 0.29) is 0 Å². The van der Waals surface area contributed by atoms with Gasteiger partial charge in [-0.3, -0.25) is 0 Å². The van der Waals surface area contributed by atoms with E-state index in [0.29, 0.717) is 0 Å². The van der Waals surface area contributed by atoms with Crippen LogP contribution in [0.4, 0.5) is 0 Å².